The van der Waals surface area contributed by atoms with E-state index in [1.807, 2.05) is 25.7 Å². The summed E-state index contributed by atoms with van der Waals surface area (Å²) < 4.78 is 0. The van der Waals surface area contributed by atoms with Gasteiger partial charge in [-0.1, -0.05) is 32.1 Å². The highest BCUT2D eigenvalue weighted by molar-refractivity contribution is 7.15. The van der Waals surface area contributed by atoms with Gasteiger partial charge in [0.15, 0.2) is 0 Å². The first-order chi connectivity index (χ1) is 9.86. The van der Waals surface area contributed by atoms with E-state index >= 15 is 0 Å². The fraction of sp³-hybridized carbons (Fsp3) is 0.714. The Kier molecular flexibility index (Phi) is 4.92. The molecule has 21 heavy (non-hydrogen) atoms. The van der Waals surface area contributed by atoms with Crippen LogP contribution in [0.5, 0.6) is 0 Å². The SMILES string of the molecule is CC(C)(C)C(=O)Nc1nnc(CC(=O)N2CCCCC2)s1. The van der Waals surface area contributed by atoms with Crippen molar-refractivity contribution in [3.05, 3.63) is 5.01 Å². The Morgan fingerprint density at radius 1 is 1.19 bits per heavy atom. The smallest absolute Gasteiger partial charge is 0.231 e. The van der Waals surface area contributed by atoms with Gasteiger partial charge in [-0.05, 0) is 19.3 Å². The number of piperidine rings is 1. The van der Waals surface area contributed by atoms with E-state index in [9.17, 15) is 9.59 Å². The molecule has 1 aromatic heterocycles. The minimum Gasteiger partial charge on any atom is -0.342 e. The Morgan fingerprint density at radius 2 is 1.86 bits per heavy atom. The summed E-state index contributed by atoms with van der Waals surface area (Å²) in [6.07, 6.45) is 3.62. The molecule has 0 saturated carbocycles. The molecule has 1 N–H and O–H groups in total. The van der Waals surface area contributed by atoms with Crippen molar-refractivity contribution in [2.24, 2.45) is 5.41 Å². The second-order valence-electron chi connectivity index (χ2n) is 6.32. The van der Waals surface area contributed by atoms with Crippen LogP contribution in [0.1, 0.15) is 45.0 Å². The number of amides is 2. The number of hydrogen-bond acceptors (Lipinski definition) is 5. The zero-order chi connectivity index (χ0) is 15.5. The number of aromatic nitrogens is 2. The van der Waals surface area contributed by atoms with Crippen LogP contribution in [-0.4, -0.2) is 40.0 Å². The standard InChI is InChI=1S/C14H22N4O2S/c1-14(2,3)12(20)15-13-17-16-10(21-13)9-11(19)18-7-5-4-6-8-18/h4-9H2,1-3H3,(H,15,17,20). The van der Waals surface area contributed by atoms with Crippen molar-refractivity contribution in [3.8, 4) is 0 Å². The average molecular weight is 310 g/mol. The van der Waals surface area contributed by atoms with Gasteiger partial charge in [-0.15, -0.1) is 10.2 Å². The van der Waals surface area contributed by atoms with Crippen molar-refractivity contribution in [2.45, 2.75) is 46.5 Å². The van der Waals surface area contributed by atoms with Gasteiger partial charge >= 0.3 is 0 Å². The maximum atomic E-state index is 12.1. The number of nitrogens with zero attached hydrogens (tertiary/aromatic N) is 3. The molecule has 2 heterocycles. The van der Waals surface area contributed by atoms with Crippen molar-refractivity contribution < 1.29 is 9.59 Å². The van der Waals surface area contributed by atoms with Gasteiger partial charge in [-0.3, -0.25) is 9.59 Å². The third kappa shape index (κ3) is 4.49. The minimum absolute atomic E-state index is 0.0968. The molecule has 1 aliphatic heterocycles. The molecule has 0 atom stereocenters. The van der Waals surface area contributed by atoms with E-state index in [0.717, 1.165) is 25.9 Å². The maximum absolute atomic E-state index is 12.1. The summed E-state index contributed by atoms with van der Waals surface area (Å²) in [6.45, 7) is 7.19. The van der Waals surface area contributed by atoms with E-state index in [4.69, 9.17) is 0 Å². The van der Waals surface area contributed by atoms with Crippen LogP contribution in [0, 0.1) is 5.41 Å². The van der Waals surface area contributed by atoms with Crippen LogP contribution >= 0.6 is 11.3 Å². The van der Waals surface area contributed by atoms with Gasteiger partial charge in [-0.2, -0.15) is 0 Å². The first kappa shape index (κ1) is 15.9. The molecule has 1 fully saturated rings. The van der Waals surface area contributed by atoms with E-state index in [1.54, 1.807) is 0 Å². The summed E-state index contributed by atoms with van der Waals surface area (Å²) in [5.74, 6) is -0.00731. The molecule has 0 unspecified atom stereocenters. The minimum atomic E-state index is -0.477. The number of carbonyl (C=O) groups excluding carboxylic acids is 2. The highest BCUT2D eigenvalue weighted by Crippen LogP contribution is 2.21. The number of anilines is 1. The lowest BCUT2D eigenvalue weighted by Gasteiger charge is -2.26. The molecule has 1 aromatic rings. The van der Waals surface area contributed by atoms with Crippen LogP contribution in [0.3, 0.4) is 0 Å². The molecular weight excluding hydrogens is 288 g/mol. The summed E-state index contributed by atoms with van der Waals surface area (Å²) in [5, 5.41) is 11.8. The fourth-order valence-corrected chi connectivity index (χ4v) is 2.77. The Balaban J connectivity index is 1.91. The second-order valence-corrected chi connectivity index (χ2v) is 7.39. The topological polar surface area (TPSA) is 75.2 Å². The van der Waals surface area contributed by atoms with Gasteiger partial charge in [0.25, 0.3) is 0 Å². The molecule has 0 aliphatic carbocycles. The number of hydrogen-bond donors (Lipinski definition) is 1. The van der Waals surface area contributed by atoms with Gasteiger partial charge in [0.1, 0.15) is 5.01 Å². The van der Waals surface area contributed by atoms with E-state index in [0.29, 0.717) is 10.1 Å². The lowest BCUT2D eigenvalue weighted by atomic mass is 9.96. The van der Waals surface area contributed by atoms with Crippen molar-refractivity contribution in [2.75, 3.05) is 18.4 Å². The van der Waals surface area contributed by atoms with Crippen molar-refractivity contribution >= 4 is 28.3 Å². The van der Waals surface area contributed by atoms with Gasteiger partial charge in [0.2, 0.25) is 16.9 Å². The number of nitrogens with one attached hydrogen (secondary N) is 1. The quantitative estimate of drug-likeness (QED) is 0.927. The summed E-state index contributed by atoms with van der Waals surface area (Å²) in [5.41, 5.74) is -0.477. The molecule has 2 amide bonds. The molecule has 0 radical (unpaired) electrons. The van der Waals surface area contributed by atoms with Crippen LogP contribution in [0.15, 0.2) is 0 Å². The molecule has 2 rings (SSSR count). The van der Waals surface area contributed by atoms with E-state index in [-0.39, 0.29) is 18.2 Å². The van der Waals surface area contributed by atoms with Crippen LogP contribution in [0.4, 0.5) is 5.13 Å². The van der Waals surface area contributed by atoms with E-state index in [2.05, 4.69) is 15.5 Å². The largest absolute Gasteiger partial charge is 0.342 e. The van der Waals surface area contributed by atoms with Crippen molar-refractivity contribution in [3.63, 3.8) is 0 Å². The molecule has 116 valence electrons. The Hall–Kier alpha value is -1.50. The number of carbonyl (C=O) groups is 2. The van der Waals surface area contributed by atoms with E-state index in [1.165, 1.54) is 17.8 Å². The highest BCUT2D eigenvalue weighted by atomic mass is 32.1. The second kappa shape index (κ2) is 6.51. The normalized spacial score (nSPS) is 15.9. The molecule has 0 aromatic carbocycles. The predicted molar refractivity (Wildman–Crippen MR) is 82.1 cm³/mol. The Labute approximate surface area is 128 Å². The predicted octanol–water partition coefficient (Wildman–Crippen LogP) is 2.08. The van der Waals surface area contributed by atoms with Crippen LogP contribution in [-0.2, 0) is 16.0 Å². The molecule has 7 heteroatoms. The summed E-state index contributed by atoms with van der Waals surface area (Å²) in [6, 6.07) is 0. The van der Waals surface area contributed by atoms with Crippen LogP contribution in [0.2, 0.25) is 0 Å². The lowest BCUT2D eigenvalue weighted by Crippen LogP contribution is -2.36. The monoisotopic (exact) mass is 310 g/mol. The van der Waals surface area contributed by atoms with Gasteiger partial charge in [0.05, 0.1) is 6.42 Å². The van der Waals surface area contributed by atoms with Crippen molar-refractivity contribution in [1.82, 2.24) is 15.1 Å². The first-order valence-electron chi connectivity index (χ1n) is 7.28. The van der Waals surface area contributed by atoms with Crippen LogP contribution in [0.25, 0.3) is 0 Å². The zero-order valence-electron chi connectivity index (χ0n) is 12.8. The molecule has 1 aliphatic rings. The molecule has 0 spiro atoms. The van der Waals surface area contributed by atoms with Gasteiger partial charge in [-0.25, -0.2) is 0 Å². The maximum Gasteiger partial charge on any atom is 0.231 e. The molecule has 0 bridgehead atoms. The zero-order valence-corrected chi connectivity index (χ0v) is 13.6. The summed E-state index contributed by atoms with van der Waals surface area (Å²) >= 11 is 1.27. The highest BCUT2D eigenvalue weighted by Gasteiger charge is 2.23. The number of likely N-dealkylation sites (tertiary alicyclic amines) is 1. The van der Waals surface area contributed by atoms with E-state index < -0.39 is 5.41 Å². The van der Waals surface area contributed by atoms with Crippen LogP contribution < -0.4 is 5.32 Å². The molecule has 6 nitrogen and oxygen atoms in total. The third-order valence-electron chi connectivity index (χ3n) is 3.38. The first-order valence-corrected chi connectivity index (χ1v) is 8.09. The van der Waals surface area contributed by atoms with Gasteiger partial charge < -0.3 is 10.2 Å². The van der Waals surface area contributed by atoms with Gasteiger partial charge in [0, 0.05) is 18.5 Å². The molecular formula is C14H22N4O2S. The summed E-state index contributed by atoms with van der Waals surface area (Å²) in [4.78, 5) is 25.9. The Bertz CT molecular complexity index is 515. The van der Waals surface area contributed by atoms with Crippen molar-refractivity contribution in [1.29, 1.82) is 0 Å². The lowest BCUT2D eigenvalue weighted by molar-refractivity contribution is -0.131. The summed E-state index contributed by atoms with van der Waals surface area (Å²) in [7, 11) is 0. The average Bonchev–Trinajstić information content (AvgIpc) is 2.86. The number of rotatable bonds is 3. The molecule has 1 saturated heterocycles. The fourth-order valence-electron chi connectivity index (χ4n) is 2.04. The Morgan fingerprint density at radius 3 is 2.48 bits per heavy atom. The third-order valence-corrected chi connectivity index (χ3v) is 4.22.